The third kappa shape index (κ3) is 6.55. The largest absolute Gasteiger partial charge is 0.378 e. The monoisotopic (exact) mass is 292 g/mol. The molecule has 1 saturated heterocycles. The van der Waals surface area contributed by atoms with Gasteiger partial charge in [-0.05, 0) is 37.4 Å². The summed E-state index contributed by atoms with van der Waals surface area (Å²) in [6.07, 6.45) is 5.56. The fraction of sp³-hybridized carbons (Fsp3) is 0.706. The van der Waals surface area contributed by atoms with Gasteiger partial charge in [-0.1, -0.05) is 19.9 Å². The lowest BCUT2D eigenvalue weighted by molar-refractivity contribution is -0.0138. The number of hydrogen-bond donors (Lipinski definition) is 1. The first-order chi connectivity index (χ1) is 10.2. The summed E-state index contributed by atoms with van der Waals surface area (Å²) in [5.41, 5.74) is 1.08. The smallest absolute Gasteiger partial charge is 0.0813 e. The van der Waals surface area contributed by atoms with E-state index in [0.29, 0.717) is 25.2 Å². The molecule has 0 aliphatic carbocycles. The topological polar surface area (TPSA) is 43.4 Å². The van der Waals surface area contributed by atoms with E-state index in [4.69, 9.17) is 9.47 Å². The van der Waals surface area contributed by atoms with Crippen LogP contribution in [0.3, 0.4) is 0 Å². The van der Waals surface area contributed by atoms with E-state index in [9.17, 15) is 0 Å². The van der Waals surface area contributed by atoms with Gasteiger partial charge >= 0.3 is 0 Å². The van der Waals surface area contributed by atoms with Gasteiger partial charge in [-0.15, -0.1) is 0 Å². The molecule has 2 heterocycles. The van der Waals surface area contributed by atoms with E-state index in [1.54, 1.807) is 0 Å². The molecular formula is C17H28N2O2. The highest BCUT2D eigenvalue weighted by Crippen LogP contribution is 2.19. The molecule has 1 aliphatic heterocycles. The Hall–Kier alpha value is -0.970. The number of hydrogen-bond acceptors (Lipinski definition) is 4. The van der Waals surface area contributed by atoms with Crippen molar-refractivity contribution in [2.24, 2.45) is 5.92 Å². The summed E-state index contributed by atoms with van der Waals surface area (Å²) in [6, 6.07) is 5.98. The lowest BCUT2D eigenvalue weighted by atomic mass is 10.2. The Bertz CT molecular complexity index is 384. The van der Waals surface area contributed by atoms with Crippen molar-refractivity contribution in [3.05, 3.63) is 30.1 Å². The molecule has 118 valence electrons. The first-order valence-electron chi connectivity index (χ1n) is 8.08. The number of aromatic nitrogens is 1. The van der Waals surface area contributed by atoms with Crippen LogP contribution < -0.4 is 5.32 Å². The van der Waals surface area contributed by atoms with Crippen LogP contribution in [0, 0.1) is 5.92 Å². The van der Waals surface area contributed by atoms with E-state index < -0.39 is 0 Å². The molecule has 1 fully saturated rings. The normalized spacial score (nSPS) is 22.0. The van der Waals surface area contributed by atoms with Crippen molar-refractivity contribution in [1.29, 1.82) is 0 Å². The minimum absolute atomic E-state index is 0.264. The fourth-order valence-corrected chi connectivity index (χ4v) is 2.52. The van der Waals surface area contributed by atoms with Crippen LogP contribution >= 0.6 is 0 Å². The lowest BCUT2D eigenvalue weighted by Gasteiger charge is -2.15. The van der Waals surface area contributed by atoms with Crippen molar-refractivity contribution in [3.63, 3.8) is 0 Å². The van der Waals surface area contributed by atoms with Crippen LogP contribution in [0.2, 0.25) is 0 Å². The minimum atomic E-state index is 0.264. The summed E-state index contributed by atoms with van der Waals surface area (Å²) in [5, 5.41) is 3.46. The highest BCUT2D eigenvalue weighted by molar-refractivity contribution is 5.03. The van der Waals surface area contributed by atoms with Crippen LogP contribution in [0.1, 0.15) is 32.4 Å². The molecule has 1 aromatic heterocycles. The molecule has 1 aliphatic rings. The van der Waals surface area contributed by atoms with Crippen LogP contribution in [0.25, 0.3) is 0 Å². The van der Waals surface area contributed by atoms with Crippen LogP contribution in [-0.4, -0.2) is 43.5 Å². The van der Waals surface area contributed by atoms with Crippen LogP contribution in [-0.2, 0) is 15.9 Å². The van der Waals surface area contributed by atoms with Gasteiger partial charge in [0.15, 0.2) is 0 Å². The second kappa shape index (κ2) is 9.13. The van der Waals surface area contributed by atoms with E-state index in [1.807, 2.05) is 24.4 Å². The molecule has 0 bridgehead atoms. The number of rotatable bonds is 9. The molecule has 21 heavy (non-hydrogen) atoms. The van der Waals surface area contributed by atoms with Crippen molar-refractivity contribution in [1.82, 2.24) is 10.3 Å². The Morgan fingerprint density at radius 1 is 1.33 bits per heavy atom. The van der Waals surface area contributed by atoms with Crippen LogP contribution in [0.4, 0.5) is 0 Å². The quantitative estimate of drug-likeness (QED) is 0.710. The van der Waals surface area contributed by atoms with Gasteiger partial charge in [-0.3, -0.25) is 4.98 Å². The maximum Gasteiger partial charge on any atom is 0.0813 e. The SMILES string of the molecule is CC(C)CNCC1CCC(COCCc2ccccn2)O1. The van der Waals surface area contributed by atoms with Gasteiger partial charge in [0.1, 0.15) is 0 Å². The van der Waals surface area contributed by atoms with E-state index in [2.05, 4.69) is 24.1 Å². The second-order valence-corrected chi connectivity index (χ2v) is 6.16. The number of nitrogens with zero attached hydrogens (tertiary/aromatic N) is 1. The third-order valence-corrected chi connectivity index (χ3v) is 3.65. The third-order valence-electron chi connectivity index (χ3n) is 3.65. The molecule has 1 aromatic rings. The van der Waals surface area contributed by atoms with E-state index in [1.165, 1.54) is 0 Å². The average Bonchev–Trinajstić information content (AvgIpc) is 2.92. The predicted octanol–water partition coefficient (Wildman–Crippen LogP) is 2.43. The summed E-state index contributed by atoms with van der Waals surface area (Å²) in [6.45, 7) is 7.88. The molecule has 0 radical (unpaired) electrons. The van der Waals surface area contributed by atoms with Gasteiger partial charge in [0.2, 0.25) is 0 Å². The van der Waals surface area contributed by atoms with Gasteiger partial charge < -0.3 is 14.8 Å². The van der Waals surface area contributed by atoms with E-state index >= 15 is 0 Å². The summed E-state index contributed by atoms with van der Waals surface area (Å²) in [5.74, 6) is 0.692. The Morgan fingerprint density at radius 2 is 2.19 bits per heavy atom. The zero-order chi connectivity index (χ0) is 14.9. The molecule has 4 nitrogen and oxygen atoms in total. The fourth-order valence-electron chi connectivity index (χ4n) is 2.52. The maximum absolute atomic E-state index is 5.99. The van der Waals surface area contributed by atoms with Crippen molar-refractivity contribution < 1.29 is 9.47 Å². The van der Waals surface area contributed by atoms with Crippen molar-refractivity contribution in [3.8, 4) is 0 Å². The molecule has 2 rings (SSSR count). The van der Waals surface area contributed by atoms with Crippen LogP contribution in [0.15, 0.2) is 24.4 Å². The number of ether oxygens (including phenoxy) is 2. The Labute approximate surface area is 128 Å². The summed E-state index contributed by atoms with van der Waals surface area (Å²) in [7, 11) is 0. The number of nitrogens with one attached hydrogen (secondary N) is 1. The number of pyridine rings is 1. The van der Waals surface area contributed by atoms with Crippen molar-refractivity contribution in [2.45, 2.75) is 45.3 Å². The van der Waals surface area contributed by atoms with Gasteiger partial charge in [-0.2, -0.15) is 0 Å². The standard InChI is InChI=1S/C17H28N2O2/c1-14(2)11-18-12-16-6-7-17(21-16)13-20-10-8-15-5-3-4-9-19-15/h3-5,9,14,16-18H,6-8,10-13H2,1-2H3. The van der Waals surface area contributed by atoms with Crippen molar-refractivity contribution in [2.75, 3.05) is 26.3 Å². The van der Waals surface area contributed by atoms with Gasteiger partial charge in [0, 0.05) is 24.9 Å². The highest BCUT2D eigenvalue weighted by atomic mass is 16.5. The molecule has 0 saturated carbocycles. The van der Waals surface area contributed by atoms with Crippen LogP contribution in [0.5, 0.6) is 0 Å². The Kier molecular flexibility index (Phi) is 7.13. The first-order valence-corrected chi connectivity index (χ1v) is 8.08. The molecular weight excluding hydrogens is 264 g/mol. The molecule has 4 heteroatoms. The molecule has 0 spiro atoms. The van der Waals surface area contributed by atoms with Gasteiger partial charge in [-0.25, -0.2) is 0 Å². The average molecular weight is 292 g/mol. The molecule has 2 unspecified atom stereocenters. The van der Waals surface area contributed by atoms with Gasteiger partial charge in [0.05, 0.1) is 25.4 Å². The summed E-state index contributed by atoms with van der Waals surface area (Å²) < 4.78 is 11.7. The maximum atomic E-state index is 5.99. The van der Waals surface area contributed by atoms with E-state index in [0.717, 1.165) is 38.0 Å². The molecule has 0 aromatic carbocycles. The Balaban J connectivity index is 1.52. The summed E-state index contributed by atoms with van der Waals surface area (Å²) in [4.78, 5) is 4.29. The second-order valence-electron chi connectivity index (χ2n) is 6.16. The molecule has 2 atom stereocenters. The zero-order valence-corrected chi connectivity index (χ0v) is 13.3. The first kappa shape index (κ1) is 16.4. The molecule has 1 N–H and O–H groups in total. The highest BCUT2D eigenvalue weighted by Gasteiger charge is 2.24. The summed E-state index contributed by atoms with van der Waals surface area (Å²) >= 11 is 0. The zero-order valence-electron chi connectivity index (χ0n) is 13.3. The molecule has 0 amide bonds. The minimum Gasteiger partial charge on any atom is -0.378 e. The Morgan fingerprint density at radius 3 is 2.95 bits per heavy atom. The van der Waals surface area contributed by atoms with Crippen molar-refractivity contribution >= 4 is 0 Å². The van der Waals surface area contributed by atoms with E-state index in [-0.39, 0.29) is 6.10 Å². The lowest BCUT2D eigenvalue weighted by Crippen LogP contribution is -2.30. The van der Waals surface area contributed by atoms with Gasteiger partial charge in [0.25, 0.3) is 0 Å². The predicted molar refractivity (Wildman–Crippen MR) is 84.4 cm³/mol.